The van der Waals surface area contributed by atoms with Crippen molar-refractivity contribution < 1.29 is 0 Å². The number of aliphatic imine (C=N–C) groups is 1. The van der Waals surface area contributed by atoms with Crippen LogP contribution in [0.1, 0.15) is 30.5 Å². The Morgan fingerprint density at radius 2 is 2.21 bits per heavy atom. The molecular formula is C17H22N2. The summed E-state index contributed by atoms with van der Waals surface area (Å²) < 4.78 is 0. The zero-order valence-electron chi connectivity index (χ0n) is 12.2. The van der Waals surface area contributed by atoms with E-state index in [1.807, 2.05) is 19.3 Å². The number of rotatable bonds is 5. The van der Waals surface area contributed by atoms with E-state index >= 15 is 0 Å². The highest BCUT2D eigenvalue weighted by Gasteiger charge is 2.04. The lowest BCUT2D eigenvalue weighted by Crippen LogP contribution is -2.05. The van der Waals surface area contributed by atoms with E-state index in [1.165, 1.54) is 11.1 Å². The van der Waals surface area contributed by atoms with Crippen molar-refractivity contribution in [2.45, 2.75) is 33.2 Å². The van der Waals surface area contributed by atoms with Crippen molar-refractivity contribution in [1.29, 1.82) is 0 Å². The zero-order valence-corrected chi connectivity index (χ0v) is 12.2. The van der Waals surface area contributed by atoms with Crippen LogP contribution in [0.5, 0.6) is 0 Å². The van der Waals surface area contributed by atoms with Crippen molar-refractivity contribution in [1.82, 2.24) is 5.32 Å². The molecule has 0 saturated heterocycles. The van der Waals surface area contributed by atoms with Crippen molar-refractivity contribution in [2.24, 2.45) is 4.99 Å². The molecule has 19 heavy (non-hydrogen) atoms. The summed E-state index contributed by atoms with van der Waals surface area (Å²) in [6.45, 7) is 6.23. The van der Waals surface area contributed by atoms with E-state index < -0.39 is 0 Å². The van der Waals surface area contributed by atoms with Gasteiger partial charge in [-0.25, -0.2) is 0 Å². The van der Waals surface area contributed by atoms with Crippen LogP contribution in [0.2, 0.25) is 0 Å². The van der Waals surface area contributed by atoms with Crippen LogP contribution in [0, 0.1) is 19.3 Å². The second-order valence-electron chi connectivity index (χ2n) is 4.75. The average Bonchev–Trinajstić information content (AvgIpc) is 2.37. The minimum atomic E-state index is 0.258. The minimum absolute atomic E-state index is 0.258. The molecule has 0 atom stereocenters. The monoisotopic (exact) mass is 254 g/mol. The third kappa shape index (κ3) is 4.63. The molecule has 2 nitrogen and oxygen atoms in total. The number of hydrogen-bond acceptors (Lipinski definition) is 2. The van der Waals surface area contributed by atoms with Crippen molar-refractivity contribution in [3.63, 3.8) is 0 Å². The van der Waals surface area contributed by atoms with Crippen molar-refractivity contribution in [3.8, 4) is 12.3 Å². The molecule has 0 aliphatic rings. The first-order chi connectivity index (χ1) is 9.08. The normalized spacial score (nSPS) is 11.9. The maximum absolute atomic E-state index is 5.41. The maximum Gasteiger partial charge on any atom is 0.0664 e. The molecule has 0 aliphatic carbocycles. The summed E-state index contributed by atoms with van der Waals surface area (Å²) in [7, 11) is 1.88. The fraction of sp³-hybridized carbons (Fsp3) is 0.353. The van der Waals surface area contributed by atoms with E-state index in [9.17, 15) is 0 Å². The zero-order chi connectivity index (χ0) is 14.3. The lowest BCUT2D eigenvalue weighted by atomic mass is 10.00. The smallest absolute Gasteiger partial charge is 0.0664 e. The van der Waals surface area contributed by atoms with Crippen LogP contribution < -0.4 is 5.32 Å². The third-order valence-electron chi connectivity index (χ3n) is 2.74. The van der Waals surface area contributed by atoms with E-state index in [1.54, 1.807) is 0 Å². The fourth-order valence-corrected chi connectivity index (χ4v) is 1.79. The van der Waals surface area contributed by atoms with Gasteiger partial charge in [-0.3, -0.25) is 4.99 Å². The van der Waals surface area contributed by atoms with Crippen molar-refractivity contribution in [3.05, 3.63) is 47.2 Å². The highest BCUT2D eigenvalue weighted by Crippen LogP contribution is 2.14. The van der Waals surface area contributed by atoms with Crippen LogP contribution in [0.25, 0.3) is 0 Å². The first-order valence-corrected chi connectivity index (χ1v) is 6.53. The molecule has 0 fully saturated rings. The van der Waals surface area contributed by atoms with Gasteiger partial charge in [-0.2, -0.15) is 0 Å². The second-order valence-corrected chi connectivity index (χ2v) is 4.75. The summed E-state index contributed by atoms with van der Waals surface area (Å²) in [5.41, 5.74) is 4.50. The average molecular weight is 254 g/mol. The summed E-state index contributed by atoms with van der Waals surface area (Å²) in [6, 6.07) is 6.59. The fourth-order valence-electron chi connectivity index (χ4n) is 1.79. The summed E-state index contributed by atoms with van der Waals surface area (Å²) in [5, 5.41) is 3.00. The molecular weight excluding hydrogens is 232 g/mol. The Morgan fingerprint density at radius 1 is 1.47 bits per heavy atom. The van der Waals surface area contributed by atoms with Gasteiger partial charge in [0.05, 0.1) is 5.71 Å². The van der Waals surface area contributed by atoms with E-state index in [-0.39, 0.29) is 6.04 Å². The highest BCUT2D eigenvalue weighted by molar-refractivity contribution is 6.08. The van der Waals surface area contributed by atoms with Crippen LogP contribution in [0.15, 0.2) is 35.5 Å². The largest absolute Gasteiger partial charge is 0.394 e. The van der Waals surface area contributed by atoms with E-state index in [0.29, 0.717) is 6.42 Å². The van der Waals surface area contributed by atoms with Crippen molar-refractivity contribution >= 4 is 5.71 Å². The number of benzene rings is 1. The molecule has 0 heterocycles. The van der Waals surface area contributed by atoms with Gasteiger partial charge in [0, 0.05) is 25.1 Å². The third-order valence-corrected chi connectivity index (χ3v) is 2.74. The van der Waals surface area contributed by atoms with Crippen LogP contribution in [0.4, 0.5) is 0 Å². The van der Waals surface area contributed by atoms with E-state index in [4.69, 9.17) is 6.42 Å². The molecule has 100 valence electrons. The first-order valence-electron chi connectivity index (χ1n) is 6.53. The number of hydrogen-bond donors (Lipinski definition) is 1. The van der Waals surface area contributed by atoms with Crippen LogP contribution >= 0.6 is 0 Å². The Morgan fingerprint density at radius 3 is 2.79 bits per heavy atom. The molecule has 0 spiro atoms. The first kappa shape index (κ1) is 15.0. The molecule has 0 aliphatic heterocycles. The van der Waals surface area contributed by atoms with Gasteiger partial charge in [-0.15, -0.1) is 12.3 Å². The molecule has 1 N–H and O–H groups in total. The van der Waals surface area contributed by atoms with Gasteiger partial charge in [0.1, 0.15) is 0 Å². The molecule has 0 amide bonds. The number of terminal acetylenes is 1. The van der Waals surface area contributed by atoms with Gasteiger partial charge in [0.25, 0.3) is 0 Å². The van der Waals surface area contributed by atoms with E-state index in [0.717, 1.165) is 11.3 Å². The number of aryl methyl sites for hydroxylation is 1. The number of nitrogens with one attached hydrogen (secondary N) is 1. The van der Waals surface area contributed by atoms with Crippen LogP contribution in [-0.4, -0.2) is 18.8 Å². The Balaban J connectivity index is 3.20. The molecule has 1 aromatic carbocycles. The Hall–Kier alpha value is -2.01. The van der Waals surface area contributed by atoms with Gasteiger partial charge < -0.3 is 5.32 Å². The molecule has 0 bridgehead atoms. The summed E-state index contributed by atoms with van der Waals surface area (Å²) in [6.07, 6.45) is 9.95. The molecule has 0 aromatic heterocycles. The molecule has 2 heteroatoms. The topological polar surface area (TPSA) is 24.4 Å². The summed E-state index contributed by atoms with van der Waals surface area (Å²) >= 11 is 0. The van der Waals surface area contributed by atoms with Gasteiger partial charge in [-0.05, 0) is 50.2 Å². The van der Waals surface area contributed by atoms with Gasteiger partial charge in [0.2, 0.25) is 0 Å². The number of allylic oxidation sites excluding steroid dienone is 1. The van der Waals surface area contributed by atoms with Crippen LogP contribution in [-0.2, 0) is 6.42 Å². The molecule has 0 radical (unpaired) electrons. The SMILES string of the molecule is C#CCc1cc(C(/C=C\NC)=N/C(C)C)ccc1C. The second kappa shape index (κ2) is 7.43. The minimum Gasteiger partial charge on any atom is -0.394 e. The molecule has 1 rings (SSSR count). The van der Waals surface area contributed by atoms with E-state index in [2.05, 4.69) is 55.2 Å². The lowest BCUT2D eigenvalue weighted by molar-refractivity contribution is 0.837. The van der Waals surface area contributed by atoms with Crippen molar-refractivity contribution in [2.75, 3.05) is 7.05 Å². The Bertz CT molecular complexity index is 517. The Kier molecular flexibility index (Phi) is 5.89. The van der Waals surface area contributed by atoms with Crippen LogP contribution in [0.3, 0.4) is 0 Å². The summed E-state index contributed by atoms with van der Waals surface area (Å²) in [4.78, 5) is 4.65. The Labute approximate surface area is 116 Å². The predicted octanol–water partition coefficient (Wildman–Crippen LogP) is 3.10. The quantitative estimate of drug-likeness (QED) is 0.633. The summed E-state index contributed by atoms with van der Waals surface area (Å²) in [5.74, 6) is 2.70. The predicted molar refractivity (Wildman–Crippen MR) is 83.6 cm³/mol. The van der Waals surface area contributed by atoms with Gasteiger partial charge >= 0.3 is 0 Å². The molecule has 0 unspecified atom stereocenters. The van der Waals surface area contributed by atoms with Gasteiger partial charge in [0.15, 0.2) is 0 Å². The molecule has 0 saturated carbocycles. The molecule has 1 aromatic rings. The maximum atomic E-state index is 5.41. The lowest BCUT2D eigenvalue weighted by Gasteiger charge is -2.09. The highest BCUT2D eigenvalue weighted by atomic mass is 14.8. The standard InChI is InChI=1S/C17H22N2/c1-6-7-15-12-16(9-8-14(15)4)17(10-11-18-5)19-13(2)3/h1,8-13,18H,7H2,2-5H3/b11-10-,19-17+. The number of nitrogens with zero attached hydrogens (tertiary/aromatic N) is 1. The van der Waals surface area contributed by atoms with Gasteiger partial charge in [-0.1, -0.05) is 12.1 Å².